The number of hydrogen-bond acceptors (Lipinski definition) is 3. The van der Waals surface area contributed by atoms with Crippen LogP contribution in [0.4, 0.5) is 19.0 Å². The largest absolute Gasteiger partial charge is 0.416 e. The Labute approximate surface area is 119 Å². The third-order valence-electron chi connectivity index (χ3n) is 2.79. The highest BCUT2D eigenvalue weighted by molar-refractivity contribution is 7.92. The number of anilines is 1. The van der Waals surface area contributed by atoms with Crippen LogP contribution in [0, 0.1) is 0 Å². The van der Waals surface area contributed by atoms with E-state index >= 15 is 0 Å². The number of pyridine rings is 1. The fourth-order valence-electron chi connectivity index (χ4n) is 1.65. The average Bonchev–Trinajstić information content (AvgIpc) is 2.46. The Morgan fingerprint density at radius 3 is 2.38 bits per heavy atom. The molecule has 0 radical (unpaired) electrons. The van der Waals surface area contributed by atoms with E-state index in [1.165, 1.54) is 19.3 Å². The van der Waals surface area contributed by atoms with Crippen LogP contribution in [-0.2, 0) is 16.2 Å². The van der Waals surface area contributed by atoms with Gasteiger partial charge in [-0.3, -0.25) is 4.31 Å². The number of nitrogens with zero attached hydrogens (tertiary/aromatic N) is 2. The van der Waals surface area contributed by atoms with E-state index in [1.807, 2.05) is 0 Å². The van der Waals surface area contributed by atoms with Gasteiger partial charge in [0.1, 0.15) is 5.82 Å². The molecule has 1 aromatic carbocycles. The van der Waals surface area contributed by atoms with Crippen molar-refractivity contribution in [2.75, 3.05) is 11.4 Å². The molecule has 0 saturated carbocycles. The number of hydrogen-bond donors (Lipinski definition) is 0. The number of benzene rings is 1. The van der Waals surface area contributed by atoms with Gasteiger partial charge in [-0.25, -0.2) is 13.4 Å². The Kier molecular flexibility index (Phi) is 3.91. The summed E-state index contributed by atoms with van der Waals surface area (Å²) in [5.74, 6) is 0.120. The zero-order chi connectivity index (χ0) is 15.7. The van der Waals surface area contributed by atoms with Gasteiger partial charge in [0, 0.05) is 13.2 Å². The van der Waals surface area contributed by atoms with Crippen molar-refractivity contribution in [3.63, 3.8) is 0 Å². The summed E-state index contributed by atoms with van der Waals surface area (Å²) in [6, 6.07) is 8.24. The molecule has 0 amide bonds. The van der Waals surface area contributed by atoms with Crippen LogP contribution in [0.1, 0.15) is 5.56 Å². The third-order valence-corrected chi connectivity index (χ3v) is 4.55. The molecule has 0 N–H and O–H groups in total. The maximum absolute atomic E-state index is 12.7. The topological polar surface area (TPSA) is 50.3 Å². The van der Waals surface area contributed by atoms with Gasteiger partial charge in [0.2, 0.25) is 0 Å². The molecular weight excluding hydrogens is 305 g/mol. The van der Waals surface area contributed by atoms with E-state index in [1.54, 1.807) is 12.1 Å². The minimum absolute atomic E-state index is 0.120. The molecule has 0 unspecified atom stereocenters. The van der Waals surface area contributed by atoms with E-state index in [9.17, 15) is 21.6 Å². The quantitative estimate of drug-likeness (QED) is 0.875. The van der Waals surface area contributed by atoms with Crippen LogP contribution >= 0.6 is 0 Å². The van der Waals surface area contributed by atoms with Gasteiger partial charge < -0.3 is 0 Å². The van der Waals surface area contributed by atoms with Gasteiger partial charge in [-0.1, -0.05) is 12.1 Å². The van der Waals surface area contributed by atoms with Gasteiger partial charge in [-0.15, -0.1) is 0 Å². The minimum atomic E-state index is -4.60. The lowest BCUT2D eigenvalue weighted by atomic mass is 10.2. The Hall–Kier alpha value is -2.09. The predicted octanol–water partition coefficient (Wildman–Crippen LogP) is 2.93. The maximum Gasteiger partial charge on any atom is 0.416 e. The highest BCUT2D eigenvalue weighted by Gasteiger charge is 2.32. The molecule has 2 rings (SSSR count). The van der Waals surface area contributed by atoms with Gasteiger partial charge in [0.15, 0.2) is 0 Å². The fraction of sp³-hybridized carbons (Fsp3) is 0.154. The molecule has 0 bridgehead atoms. The van der Waals surface area contributed by atoms with Crippen molar-refractivity contribution in [3.05, 3.63) is 54.2 Å². The summed E-state index contributed by atoms with van der Waals surface area (Å²) in [7, 11) is -2.87. The summed E-state index contributed by atoms with van der Waals surface area (Å²) in [4.78, 5) is 3.43. The molecule has 8 heteroatoms. The molecule has 0 saturated heterocycles. The Balaban J connectivity index is 2.45. The molecule has 0 aliphatic rings. The number of halogens is 3. The third kappa shape index (κ3) is 3.15. The summed E-state index contributed by atoms with van der Waals surface area (Å²) < 4.78 is 63.5. The van der Waals surface area contributed by atoms with Crippen molar-refractivity contribution >= 4 is 15.8 Å². The van der Waals surface area contributed by atoms with Crippen molar-refractivity contribution in [2.24, 2.45) is 0 Å². The van der Waals surface area contributed by atoms with E-state index in [2.05, 4.69) is 4.98 Å². The maximum atomic E-state index is 12.7. The van der Waals surface area contributed by atoms with Crippen molar-refractivity contribution in [2.45, 2.75) is 11.1 Å². The summed E-state index contributed by atoms with van der Waals surface area (Å²) in [6.07, 6.45) is -3.21. The molecule has 0 spiro atoms. The molecule has 0 aliphatic carbocycles. The summed E-state index contributed by atoms with van der Waals surface area (Å²) in [5, 5.41) is 0. The second-order valence-corrected chi connectivity index (χ2v) is 6.16. The first-order chi connectivity index (χ1) is 9.73. The molecular formula is C13H11F3N2O2S. The molecule has 112 valence electrons. The molecule has 21 heavy (non-hydrogen) atoms. The van der Waals surface area contributed by atoms with E-state index in [-0.39, 0.29) is 5.82 Å². The van der Waals surface area contributed by atoms with Crippen LogP contribution in [0.3, 0.4) is 0 Å². The van der Waals surface area contributed by atoms with Crippen LogP contribution in [-0.4, -0.2) is 20.4 Å². The normalized spacial score (nSPS) is 12.2. The Morgan fingerprint density at radius 1 is 1.10 bits per heavy atom. The molecule has 0 fully saturated rings. The number of rotatable bonds is 3. The van der Waals surface area contributed by atoms with Crippen LogP contribution in [0.25, 0.3) is 0 Å². The van der Waals surface area contributed by atoms with E-state index in [4.69, 9.17) is 0 Å². The van der Waals surface area contributed by atoms with Gasteiger partial charge in [0.05, 0.1) is 10.5 Å². The van der Waals surface area contributed by atoms with Gasteiger partial charge in [-0.05, 0) is 30.3 Å². The molecule has 1 heterocycles. The van der Waals surface area contributed by atoms with E-state index in [0.29, 0.717) is 6.07 Å². The molecule has 0 atom stereocenters. The fourth-order valence-corrected chi connectivity index (χ4v) is 2.85. The second kappa shape index (κ2) is 5.36. The lowest BCUT2D eigenvalue weighted by Crippen LogP contribution is -2.27. The second-order valence-electron chi connectivity index (χ2n) is 4.19. The first-order valence-electron chi connectivity index (χ1n) is 5.80. The lowest BCUT2D eigenvalue weighted by Gasteiger charge is -2.19. The van der Waals surface area contributed by atoms with Crippen LogP contribution in [0.15, 0.2) is 53.6 Å². The average molecular weight is 316 g/mol. The predicted molar refractivity (Wildman–Crippen MR) is 71.3 cm³/mol. The van der Waals surface area contributed by atoms with E-state index < -0.39 is 26.7 Å². The Bertz CT molecular complexity index is 731. The van der Waals surface area contributed by atoms with Gasteiger partial charge in [-0.2, -0.15) is 13.2 Å². The van der Waals surface area contributed by atoms with Gasteiger partial charge >= 0.3 is 6.18 Å². The SMILES string of the molecule is CN(c1ccccn1)S(=O)(=O)c1cccc(C(F)(F)F)c1. The zero-order valence-electron chi connectivity index (χ0n) is 10.9. The van der Waals surface area contributed by atoms with Crippen LogP contribution < -0.4 is 4.31 Å². The van der Waals surface area contributed by atoms with Crippen molar-refractivity contribution in [1.82, 2.24) is 4.98 Å². The first-order valence-corrected chi connectivity index (χ1v) is 7.24. The lowest BCUT2D eigenvalue weighted by molar-refractivity contribution is -0.137. The first kappa shape index (κ1) is 15.3. The standard InChI is InChI=1S/C13H11F3N2O2S/c1-18(12-7-2-3-8-17-12)21(19,20)11-6-4-5-10(9-11)13(14,15)16/h2-9H,1H3. The molecule has 2 aromatic rings. The molecule has 4 nitrogen and oxygen atoms in total. The van der Waals surface area contributed by atoms with Crippen LogP contribution in [0.2, 0.25) is 0 Å². The highest BCUT2D eigenvalue weighted by Crippen LogP contribution is 2.31. The number of aromatic nitrogens is 1. The summed E-state index contributed by atoms with van der Waals surface area (Å²) in [5.41, 5.74) is -1.02. The number of alkyl halides is 3. The van der Waals surface area contributed by atoms with Crippen LogP contribution in [0.5, 0.6) is 0 Å². The smallest absolute Gasteiger partial charge is 0.253 e. The Morgan fingerprint density at radius 2 is 1.81 bits per heavy atom. The monoisotopic (exact) mass is 316 g/mol. The number of sulfonamides is 1. The molecule has 0 aliphatic heterocycles. The van der Waals surface area contributed by atoms with Crippen molar-refractivity contribution in [3.8, 4) is 0 Å². The van der Waals surface area contributed by atoms with Crippen molar-refractivity contribution in [1.29, 1.82) is 0 Å². The minimum Gasteiger partial charge on any atom is -0.253 e. The molecule has 1 aromatic heterocycles. The summed E-state index contributed by atoms with van der Waals surface area (Å²) >= 11 is 0. The van der Waals surface area contributed by atoms with Gasteiger partial charge in [0.25, 0.3) is 10.0 Å². The van der Waals surface area contributed by atoms with Crippen molar-refractivity contribution < 1.29 is 21.6 Å². The van der Waals surface area contributed by atoms with E-state index in [0.717, 1.165) is 22.5 Å². The zero-order valence-corrected chi connectivity index (χ0v) is 11.7. The highest BCUT2D eigenvalue weighted by atomic mass is 32.2. The summed E-state index contributed by atoms with van der Waals surface area (Å²) in [6.45, 7) is 0.